The predicted octanol–water partition coefficient (Wildman–Crippen LogP) is 3.37. The number of hydrogen-bond donors (Lipinski definition) is 1. The molecule has 2 aromatic carbocycles. The fourth-order valence-corrected chi connectivity index (χ4v) is 3.17. The van der Waals surface area contributed by atoms with Crippen LogP contribution in [0.1, 0.15) is 24.2 Å². The van der Waals surface area contributed by atoms with Gasteiger partial charge in [-0.25, -0.2) is 9.37 Å². The summed E-state index contributed by atoms with van der Waals surface area (Å²) < 4.78 is 15.5. The summed E-state index contributed by atoms with van der Waals surface area (Å²) in [5.74, 6) is 0.761. The van der Waals surface area contributed by atoms with Crippen LogP contribution < -0.4 is 5.73 Å². The van der Waals surface area contributed by atoms with Crippen molar-refractivity contribution >= 4 is 16.7 Å². The van der Waals surface area contributed by atoms with Crippen LogP contribution in [0.5, 0.6) is 0 Å². The Morgan fingerprint density at radius 3 is 2.52 bits per heavy atom. The summed E-state index contributed by atoms with van der Waals surface area (Å²) in [7, 11) is 2.00. The zero-order valence-electron chi connectivity index (χ0n) is 11.8. The summed E-state index contributed by atoms with van der Waals surface area (Å²) in [6, 6.07) is 12.8. The Balaban J connectivity index is 1.89. The van der Waals surface area contributed by atoms with Gasteiger partial charge in [0.2, 0.25) is 0 Å². The molecule has 4 rings (SSSR count). The Morgan fingerprint density at radius 2 is 1.86 bits per heavy atom. The molecular weight excluding hydrogens is 265 g/mol. The van der Waals surface area contributed by atoms with Gasteiger partial charge in [-0.2, -0.15) is 0 Å². The van der Waals surface area contributed by atoms with Gasteiger partial charge in [-0.15, -0.1) is 0 Å². The first-order valence-corrected chi connectivity index (χ1v) is 7.09. The monoisotopic (exact) mass is 281 g/mol. The minimum absolute atomic E-state index is 0.0437. The van der Waals surface area contributed by atoms with Crippen molar-refractivity contribution < 1.29 is 4.39 Å². The maximum Gasteiger partial charge on any atom is 0.125 e. The fraction of sp³-hybridized carbons (Fsp3) is 0.235. The van der Waals surface area contributed by atoms with Crippen LogP contribution in [0.15, 0.2) is 42.5 Å². The van der Waals surface area contributed by atoms with Crippen molar-refractivity contribution in [1.29, 1.82) is 0 Å². The second kappa shape index (κ2) is 4.07. The minimum atomic E-state index is -0.246. The van der Waals surface area contributed by atoms with Crippen LogP contribution in [-0.2, 0) is 12.5 Å². The molecule has 1 aliphatic carbocycles. The molecule has 1 heterocycles. The average Bonchev–Trinajstić information content (AvgIpc) is 3.20. The molecule has 1 saturated carbocycles. The van der Waals surface area contributed by atoms with Crippen molar-refractivity contribution in [3.05, 3.63) is 59.7 Å². The van der Waals surface area contributed by atoms with Crippen molar-refractivity contribution in [3.63, 3.8) is 0 Å². The number of nitrogen functional groups attached to an aromatic ring is 1. The van der Waals surface area contributed by atoms with Gasteiger partial charge in [-0.05, 0) is 42.7 Å². The van der Waals surface area contributed by atoms with Crippen molar-refractivity contribution in [3.8, 4) is 0 Å². The number of nitrogens with zero attached hydrogens (tertiary/aromatic N) is 2. The van der Waals surface area contributed by atoms with E-state index in [1.54, 1.807) is 6.07 Å². The molecule has 0 unspecified atom stereocenters. The molecular formula is C17H16FN3. The molecule has 1 fully saturated rings. The molecule has 2 N–H and O–H groups in total. The second-order valence-corrected chi connectivity index (χ2v) is 5.83. The highest BCUT2D eigenvalue weighted by Crippen LogP contribution is 2.53. The molecule has 106 valence electrons. The maximum absolute atomic E-state index is 13.4. The number of anilines is 1. The van der Waals surface area contributed by atoms with Crippen LogP contribution in [0.2, 0.25) is 0 Å². The summed E-state index contributed by atoms with van der Waals surface area (Å²) >= 11 is 0. The first kappa shape index (κ1) is 12.4. The molecule has 0 saturated heterocycles. The number of fused-ring (bicyclic) bond motifs is 1. The molecule has 0 aliphatic heterocycles. The van der Waals surface area contributed by atoms with Gasteiger partial charge in [-0.1, -0.05) is 12.1 Å². The Kier molecular flexibility index (Phi) is 2.40. The Labute approximate surface area is 122 Å². The minimum Gasteiger partial charge on any atom is -0.399 e. The number of imidazole rings is 1. The Morgan fingerprint density at radius 1 is 1.14 bits per heavy atom. The molecule has 0 bridgehead atoms. The maximum atomic E-state index is 13.4. The van der Waals surface area contributed by atoms with Gasteiger partial charge in [0, 0.05) is 18.8 Å². The number of aromatic nitrogens is 2. The number of benzene rings is 2. The van der Waals surface area contributed by atoms with Crippen LogP contribution in [0.3, 0.4) is 0 Å². The molecule has 0 spiro atoms. The van der Waals surface area contributed by atoms with E-state index in [2.05, 4.69) is 16.7 Å². The van der Waals surface area contributed by atoms with Gasteiger partial charge in [0.15, 0.2) is 0 Å². The lowest BCUT2D eigenvalue weighted by molar-refractivity contribution is 0.629. The van der Waals surface area contributed by atoms with Crippen LogP contribution in [0, 0.1) is 5.82 Å². The van der Waals surface area contributed by atoms with Crippen molar-refractivity contribution in [1.82, 2.24) is 9.55 Å². The van der Waals surface area contributed by atoms with Crippen molar-refractivity contribution in [2.45, 2.75) is 18.3 Å². The first-order valence-electron chi connectivity index (χ1n) is 7.09. The summed E-state index contributed by atoms with van der Waals surface area (Å²) in [6.45, 7) is 0. The number of aryl methyl sites for hydroxylation is 1. The second-order valence-electron chi connectivity index (χ2n) is 5.83. The Bertz CT molecular complexity index is 829. The zero-order chi connectivity index (χ0) is 14.6. The van der Waals surface area contributed by atoms with E-state index in [1.165, 1.54) is 17.7 Å². The van der Waals surface area contributed by atoms with E-state index in [0.29, 0.717) is 5.52 Å². The van der Waals surface area contributed by atoms with E-state index in [0.717, 1.165) is 29.9 Å². The van der Waals surface area contributed by atoms with Gasteiger partial charge in [-0.3, -0.25) is 0 Å². The molecule has 3 nitrogen and oxygen atoms in total. The normalized spacial score (nSPS) is 16.3. The largest absolute Gasteiger partial charge is 0.399 e. The zero-order valence-corrected chi connectivity index (χ0v) is 11.8. The van der Waals surface area contributed by atoms with Crippen LogP contribution in [0.25, 0.3) is 11.0 Å². The lowest BCUT2D eigenvalue weighted by atomic mass is 9.95. The number of halogens is 1. The topological polar surface area (TPSA) is 43.8 Å². The molecule has 4 heteroatoms. The molecule has 3 aromatic rings. The summed E-state index contributed by atoms with van der Waals surface area (Å²) in [5, 5.41) is 0. The van der Waals surface area contributed by atoms with E-state index in [1.807, 2.05) is 19.2 Å². The third-order valence-corrected chi connectivity index (χ3v) is 4.48. The number of rotatable bonds is 2. The summed E-state index contributed by atoms with van der Waals surface area (Å²) in [6.07, 6.45) is 2.13. The van der Waals surface area contributed by atoms with E-state index in [4.69, 9.17) is 10.7 Å². The fourth-order valence-electron chi connectivity index (χ4n) is 3.17. The highest BCUT2D eigenvalue weighted by atomic mass is 19.1. The standard InChI is InChI=1S/C17H16FN3/c1-21-15-7-4-12(18)10-14(15)20-16(21)17(8-9-17)11-2-5-13(19)6-3-11/h2-7,10H,8-9,19H2,1H3. The van der Waals surface area contributed by atoms with Crippen LogP contribution in [-0.4, -0.2) is 9.55 Å². The van der Waals surface area contributed by atoms with Gasteiger partial charge < -0.3 is 10.3 Å². The summed E-state index contributed by atoms with van der Waals surface area (Å²) in [5.41, 5.74) is 9.41. The predicted molar refractivity (Wildman–Crippen MR) is 81.5 cm³/mol. The molecule has 21 heavy (non-hydrogen) atoms. The van der Waals surface area contributed by atoms with E-state index in [9.17, 15) is 4.39 Å². The molecule has 0 atom stereocenters. The molecule has 1 aliphatic rings. The van der Waals surface area contributed by atoms with Gasteiger partial charge in [0.05, 0.1) is 16.4 Å². The van der Waals surface area contributed by atoms with E-state index < -0.39 is 0 Å². The first-order chi connectivity index (χ1) is 10.1. The van der Waals surface area contributed by atoms with Crippen LogP contribution in [0.4, 0.5) is 10.1 Å². The quantitative estimate of drug-likeness (QED) is 0.732. The van der Waals surface area contributed by atoms with E-state index >= 15 is 0 Å². The van der Waals surface area contributed by atoms with Crippen LogP contribution >= 0.6 is 0 Å². The van der Waals surface area contributed by atoms with E-state index in [-0.39, 0.29) is 11.2 Å². The van der Waals surface area contributed by atoms with Crippen molar-refractivity contribution in [2.24, 2.45) is 7.05 Å². The molecule has 0 radical (unpaired) electrons. The lowest BCUT2D eigenvalue weighted by Crippen LogP contribution is -2.14. The average molecular weight is 281 g/mol. The highest BCUT2D eigenvalue weighted by molar-refractivity contribution is 5.76. The number of nitrogens with two attached hydrogens (primary N) is 1. The third-order valence-electron chi connectivity index (χ3n) is 4.48. The van der Waals surface area contributed by atoms with Gasteiger partial charge in [0.1, 0.15) is 11.6 Å². The Hall–Kier alpha value is -2.36. The molecule has 0 amide bonds. The van der Waals surface area contributed by atoms with Gasteiger partial charge in [0.25, 0.3) is 0 Å². The number of hydrogen-bond acceptors (Lipinski definition) is 2. The lowest BCUT2D eigenvalue weighted by Gasteiger charge is -2.16. The van der Waals surface area contributed by atoms with Crippen molar-refractivity contribution in [2.75, 3.05) is 5.73 Å². The summed E-state index contributed by atoms with van der Waals surface area (Å²) in [4.78, 5) is 4.70. The smallest absolute Gasteiger partial charge is 0.125 e. The van der Waals surface area contributed by atoms with Gasteiger partial charge >= 0.3 is 0 Å². The third kappa shape index (κ3) is 1.75. The highest BCUT2D eigenvalue weighted by Gasteiger charge is 2.49. The SMILES string of the molecule is Cn1c(C2(c3ccc(N)cc3)CC2)nc2cc(F)ccc21. The molecule has 1 aromatic heterocycles.